The SMILES string of the molecule is O=C(O)CCCCCN1C(=O)[C@@H]2Cc3ccccc3CN2C1=O. The van der Waals surface area contributed by atoms with Gasteiger partial charge in [0.05, 0.1) is 0 Å². The second-order valence-electron chi connectivity index (χ2n) is 6.09. The molecule has 2 aliphatic heterocycles. The van der Waals surface area contributed by atoms with Crippen molar-refractivity contribution in [2.75, 3.05) is 6.54 Å². The Morgan fingerprint density at radius 2 is 1.87 bits per heavy atom. The number of urea groups is 1. The third-order valence-electron chi connectivity index (χ3n) is 4.55. The molecule has 23 heavy (non-hydrogen) atoms. The van der Waals surface area contributed by atoms with E-state index in [1.807, 2.05) is 24.3 Å². The number of nitrogens with zero attached hydrogens (tertiary/aromatic N) is 2. The quantitative estimate of drug-likeness (QED) is 0.643. The Morgan fingerprint density at radius 1 is 1.13 bits per heavy atom. The van der Waals surface area contributed by atoms with E-state index >= 15 is 0 Å². The fourth-order valence-electron chi connectivity index (χ4n) is 3.30. The molecular formula is C17H20N2O4. The van der Waals surface area contributed by atoms with Crippen molar-refractivity contribution in [3.05, 3.63) is 35.4 Å². The number of hydrogen-bond acceptors (Lipinski definition) is 3. The Labute approximate surface area is 134 Å². The normalized spacial score (nSPS) is 19.7. The van der Waals surface area contributed by atoms with Crippen LogP contribution in [0.3, 0.4) is 0 Å². The van der Waals surface area contributed by atoms with Gasteiger partial charge in [-0.2, -0.15) is 0 Å². The molecule has 1 saturated heterocycles. The van der Waals surface area contributed by atoms with Crippen LogP contribution in [0.25, 0.3) is 0 Å². The second kappa shape index (κ2) is 6.40. The molecule has 3 rings (SSSR count). The lowest BCUT2D eigenvalue weighted by Crippen LogP contribution is -2.39. The van der Waals surface area contributed by atoms with Crippen LogP contribution in [-0.2, 0) is 22.6 Å². The highest BCUT2D eigenvalue weighted by atomic mass is 16.4. The first-order valence-electron chi connectivity index (χ1n) is 7.98. The zero-order valence-electron chi connectivity index (χ0n) is 12.9. The van der Waals surface area contributed by atoms with E-state index in [1.54, 1.807) is 4.90 Å². The summed E-state index contributed by atoms with van der Waals surface area (Å²) >= 11 is 0. The Hall–Kier alpha value is -2.37. The number of carbonyl (C=O) groups excluding carboxylic acids is 2. The summed E-state index contributed by atoms with van der Waals surface area (Å²) in [6.45, 7) is 0.863. The van der Waals surface area contributed by atoms with Crippen LogP contribution < -0.4 is 0 Å². The predicted molar refractivity (Wildman–Crippen MR) is 82.7 cm³/mol. The van der Waals surface area contributed by atoms with Gasteiger partial charge in [-0.15, -0.1) is 0 Å². The zero-order chi connectivity index (χ0) is 16.4. The number of amides is 3. The fourth-order valence-corrected chi connectivity index (χ4v) is 3.30. The van der Waals surface area contributed by atoms with Crippen LogP contribution >= 0.6 is 0 Å². The molecular weight excluding hydrogens is 296 g/mol. The maximum Gasteiger partial charge on any atom is 0.327 e. The van der Waals surface area contributed by atoms with Gasteiger partial charge in [0.25, 0.3) is 5.91 Å². The van der Waals surface area contributed by atoms with Crippen molar-refractivity contribution in [3.63, 3.8) is 0 Å². The van der Waals surface area contributed by atoms with E-state index in [1.165, 1.54) is 4.90 Å². The van der Waals surface area contributed by atoms with Gasteiger partial charge in [-0.05, 0) is 24.0 Å². The number of rotatable bonds is 6. The maximum atomic E-state index is 12.5. The standard InChI is InChI=1S/C17H20N2O4/c20-15(21)8-2-1-5-9-18-16(22)14-10-12-6-3-4-7-13(12)11-19(14)17(18)23/h3-4,6-7,14H,1-2,5,8-11H2,(H,20,21)/t14-/m0/s1. The minimum Gasteiger partial charge on any atom is -0.481 e. The Kier molecular flexibility index (Phi) is 4.32. The number of benzene rings is 1. The molecule has 0 aromatic heterocycles. The largest absolute Gasteiger partial charge is 0.481 e. The Balaban J connectivity index is 1.60. The molecule has 1 fully saturated rings. The molecule has 0 aliphatic carbocycles. The third-order valence-corrected chi connectivity index (χ3v) is 4.55. The molecule has 2 aliphatic rings. The molecule has 6 heteroatoms. The van der Waals surface area contributed by atoms with Crippen molar-refractivity contribution >= 4 is 17.9 Å². The number of imide groups is 1. The second-order valence-corrected chi connectivity index (χ2v) is 6.09. The Morgan fingerprint density at radius 3 is 2.61 bits per heavy atom. The summed E-state index contributed by atoms with van der Waals surface area (Å²) in [7, 11) is 0. The summed E-state index contributed by atoms with van der Waals surface area (Å²) < 4.78 is 0. The molecule has 0 bridgehead atoms. The molecule has 6 nitrogen and oxygen atoms in total. The molecule has 1 aromatic carbocycles. The van der Waals surface area contributed by atoms with Gasteiger partial charge in [0, 0.05) is 25.9 Å². The summed E-state index contributed by atoms with van der Waals surface area (Å²) in [5.74, 6) is -0.934. The van der Waals surface area contributed by atoms with E-state index in [9.17, 15) is 14.4 Å². The maximum absolute atomic E-state index is 12.5. The van der Waals surface area contributed by atoms with Crippen molar-refractivity contribution in [2.24, 2.45) is 0 Å². The van der Waals surface area contributed by atoms with Gasteiger partial charge in [-0.3, -0.25) is 14.5 Å². The van der Waals surface area contributed by atoms with Crippen molar-refractivity contribution in [1.82, 2.24) is 9.80 Å². The summed E-state index contributed by atoms with van der Waals surface area (Å²) in [6.07, 6.45) is 2.64. The molecule has 122 valence electrons. The van der Waals surface area contributed by atoms with Crippen LogP contribution in [0.15, 0.2) is 24.3 Å². The highest BCUT2D eigenvalue weighted by Crippen LogP contribution is 2.30. The number of aliphatic carboxylic acids is 1. The van der Waals surface area contributed by atoms with Crippen LogP contribution in [0.4, 0.5) is 4.79 Å². The molecule has 0 unspecified atom stereocenters. The first-order valence-corrected chi connectivity index (χ1v) is 7.98. The van der Waals surface area contributed by atoms with Crippen molar-refractivity contribution < 1.29 is 19.5 Å². The van der Waals surface area contributed by atoms with Crippen LogP contribution in [0.5, 0.6) is 0 Å². The van der Waals surface area contributed by atoms with Gasteiger partial charge in [-0.25, -0.2) is 4.79 Å². The highest BCUT2D eigenvalue weighted by molar-refractivity contribution is 6.04. The summed E-state index contributed by atoms with van der Waals surface area (Å²) in [4.78, 5) is 38.4. The van der Waals surface area contributed by atoms with Gasteiger partial charge in [0.2, 0.25) is 0 Å². The number of carboxylic acids is 1. The van der Waals surface area contributed by atoms with Gasteiger partial charge in [0.15, 0.2) is 0 Å². The van der Waals surface area contributed by atoms with Crippen molar-refractivity contribution in [2.45, 2.75) is 44.7 Å². The van der Waals surface area contributed by atoms with E-state index in [0.717, 1.165) is 11.1 Å². The Bertz CT molecular complexity index is 600. The van der Waals surface area contributed by atoms with Crippen LogP contribution in [-0.4, -0.2) is 45.4 Å². The average Bonchev–Trinajstić information content (AvgIpc) is 2.76. The molecule has 2 heterocycles. The number of hydrogen-bond donors (Lipinski definition) is 1. The van der Waals surface area contributed by atoms with Crippen molar-refractivity contribution in [3.8, 4) is 0 Å². The average molecular weight is 316 g/mol. The summed E-state index contributed by atoms with van der Waals surface area (Å²) in [5.41, 5.74) is 2.24. The molecule has 1 N–H and O–H groups in total. The van der Waals surface area contributed by atoms with Gasteiger partial charge < -0.3 is 10.0 Å². The van der Waals surface area contributed by atoms with E-state index in [0.29, 0.717) is 38.8 Å². The molecule has 1 aromatic rings. The zero-order valence-corrected chi connectivity index (χ0v) is 12.9. The van der Waals surface area contributed by atoms with Gasteiger partial charge in [-0.1, -0.05) is 30.7 Å². The minimum absolute atomic E-state index is 0.122. The predicted octanol–water partition coefficient (Wildman–Crippen LogP) is 2.02. The minimum atomic E-state index is -0.812. The highest BCUT2D eigenvalue weighted by Gasteiger charge is 2.46. The monoisotopic (exact) mass is 316 g/mol. The van der Waals surface area contributed by atoms with E-state index in [2.05, 4.69) is 0 Å². The number of fused-ring (bicyclic) bond motifs is 2. The summed E-state index contributed by atoms with van der Waals surface area (Å²) in [6, 6.07) is 7.32. The molecule has 0 spiro atoms. The van der Waals surface area contributed by atoms with E-state index < -0.39 is 5.97 Å². The first kappa shape index (κ1) is 15.5. The smallest absolute Gasteiger partial charge is 0.327 e. The van der Waals surface area contributed by atoms with E-state index in [4.69, 9.17) is 5.11 Å². The molecule has 1 atom stereocenters. The van der Waals surface area contributed by atoms with Gasteiger partial charge in [0.1, 0.15) is 6.04 Å². The lowest BCUT2D eigenvalue weighted by molar-refractivity contribution is -0.137. The van der Waals surface area contributed by atoms with Crippen molar-refractivity contribution in [1.29, 1.82) is 0 Å². The molecule has 0 saturated carbocycles. The number of carboxylic acid groups (broad SMARTS) is 1. The van der Waals surface area contributed by atoms with Crippen LogP contribution in [0.2, 0.25) is 0 Å². The topological polar surface area (TPSA) is 77.9 Å². The van der Waals surface area contributed by atoms with Gasteiger partial charge >= 0.3 is 12.0 Å². The van der Waals surface area contributed by atoms with Crippen LogP contribution in [0.1, 0.15) is 36.8 Å². The summed E-state index contributed by atoms with van der Waals surface area (Å²) in [5, 5.41) is 8.61. The fraction of sp³-hybridized carbons (Fsp3) is 0.471. The number of unbranched alkanes of at least 4 members (excludes halogenated alkanes) is 2. The lowest BCUT2D eigenvalue weighted by atomic mass is 9.95. The molecule has 3 amide bonds. The number of carbonyl (C=O) groups is 3. The first-order chi connectivity index (χ1) is 11.1. The van der Waals surface area contributed by atoms with E-state index in [-0.39, 0.29) is 24.4 Å². The third kappa shape index (κ3) is 3.06. The lowest BCUT2D eigenvalue weighted by Gasteiger charge is -2.28. The molecule has 0 radical (unpaired) electrons. The van der Waals surface area contributed by atoms with Crippen LogP contribution in [0, 0.1) is 0 Å².